The summed E-state index contributed by atoms with van der Waals surface area (Å²) in [6.45, 7) is 5.90. The van der Waals surface area contributed by atoms with Crippen molar-refractivity contribution in [3.8, 4) is 0 Å². The van der Waals surface area contributed by atoms with E-state index in [1.165, 1.54) is 0 Å². The number of carbonyl (C=O) groups excluding carboxylic acids is 1. The molecule has 1 rings (SSSR count). The highest BCUT2D eigenvalue weighted by atomic mass is 16.5. The zero-order valence-electron chi connectivity index (χ0n) is 9.03. The number of carbonyl (C=O) groups is 1. The molecule has 2 atom stereocenters. The summed E-state index contributed by atoms with van der Waals surface area (Å²) in [6, 6.07) is 0.209. The van der Waals surface area contributed by atoms with Crippen molar-refractivity contribution in [2.24, 2.45) is 5.73 Å². The van der Waals surface area contributed by atoms with Gasteiger partial charge in [-0.05, 0) is 33.2 Å². The van der Waals surface area contributed by atoms with Gasteiger partial charge in [-0.3, -0.25) is 9.69 Å². The molecule has 1 saturated heterocycles. The molecule has 2 unspecified atom stereocenters. The summed E-state index contributed by atoms with van der Waals surface area (Å²) in [5, 5.41) is 0. The Morgan fingerprint density at radius 1 is 1.71 bits per heavy atom. The van der Waals surface area contributed by atoms with E-state index in [4.69, 9.17) is 10.5 Å². The van der Waals surface area contributed by atoms with Crippen LogP contribution in [-0.4, -0.2) is 42.6 Å². The second-order valence-electron chi connectivity index (χ2n) is 3.73. The summed E-state index contributed by atoms with van der Waals surface area (Å²) < 4.78 is 5.03. The monoisotopic (exact) mass is 200 g/mol. The van der Waals surface area contributed by atoms with Gasteiger partial charge in [-0.25, -0.2) is 0 Å². The Morgan fingerprint density at radius 2 is 2.43 bits per heavy atom. The molecule has 0 saturated carbocycles. The zero-order valence-corrected chi connectivity index (χ0v) is 9.03. The van der Waals surface area contributed by atoms with Crippen molar-refractivity contribution in [1.29, 1.82) is 0 Å². The first-order chi connectivity index (χ1) is 6.70. The first-order valence-corrected chi connectivity index (χ1v) is 5.33. The van der Waals surface area contributed by atoms with E-state index in [2.05, 4.69) is 11.8 Å². The molecular formula is C10H20N2O2. The first kappa shape index (κ1) is 11.5. The Morgan fingerprint density at radius 3 is 3.00 bits per heavy atom. The average molecular weight is 200 g/mol. The number of ether oxygens (including phenoxy) is 1. The molecule has 2 N–H and O–H groups in total. The van der Waals surface area contributed by atoms with Crippen LogP contribution >= 0.6 is 0 Å². The van der Waals surface area contributed by atoms with Gasteiger partial charge in [0.1, 0.15) is 6.04 Å². The van der Waals surface area contributed by atoms with Gasteiger partial charge in [-0.2, -0.15) is 0 Å². The van der Waals surface area contributed by atoms with E-state index < -0.39 is 0 Å². The predicted molar refractivity (Wildman–Crippen MR) is 54.9 cm³/mol. The van der Waals surface area contributed by atoms with Crippen molar-refractivity contribution in [2.45, 2.75) is 38.8 Å². The highest BCUT2D eigenvalue weighted by Gasteiger charge is 2.33. The van der Waals surface area contributed by atoms with Crippen LogP contribution in [-0.2, 0) is 9.53 Å². The average Bonchev–Trinajstić information content (AvgIpc) is 2.65. The fraction of sp³-hybridized carbons (Fsp3) is 0.900. The number of hydrogen-bond donors (Lipinski definition) is 1. The number of nitrogens with two attached hydrogens (primary N) is 1. The van der Waals surface area contributed by atoms with E-state index in [0.29, 0.717) is 13.2 Å². The SMILES string of the molecule is CCOC(=O)C1CCCN1C(C)CN. The molecular weight excluding hydrogens is 180 g/mol. The van der Waals surface area contributed by atoms with Crippen LogP contribution < -0.4 is 5.73 Å². The Bertz CT molecular complexity index is 197. The fourth-order valence-electron chi connectivity index (χ4n) is 1.94. The Kier molecular flexibility index (Phi) is 4.35. The van der Waals surface area contributed by atoms with Crippen molar-refractivity contribution in [3.05, 3.63) is 0 Å². The van der Waals surface area contributed by atoms with E-state index in [-0.39, 0.29) is 18.1 Å². The molecule has 0 amide bonds. The van der Waals surface area contributed by atoms with Gasteiger partial charge in [0.05, 0.1) is 6.61 Å². The molecule has 4 nitrogen and oxygen atoms in total. The molecule has 0 aromatic carbocycles. The molecule has 0 aromatic rings. The normalized spacial score (nSPS) is 24.9. The van der Waals surface area contributed by atoms with E-state index in [1.807, 2.05) is 6.92 Å². The van der Waals surface area contributed by atoms with Crippen molar-refractivity contribution >= 4 is 5.97 Å². The minimum absolute atomic E-state index is 0.0616. The van der Waals surface area contributed by atoms with Gasteiger partial charge >= 0.3 is 5.97 Å². The van der Waals surface area contributed by atoms with E-state index in [0.717, 1.165) is 19.4 Å². The molecule has 1 aliphatic heterocycles. The smallest absolute Gasteiger partial charge is 0.323 e. The molecule has 0 bridgehead atoms. The number of esters is 1. The van der Waals surface area contributed by atoms with Crippen LogP contribution in [0.2, 0.25) is 0 Å². The van der Waals surface area contributed by atoms with Crippen molar-refractivity contribution < 1.29 is 9.53 Å². The molecule has 0 spiro atoms. The third-order valence-corrected chi connectivity index (χ3v) is 2.76. The van der Waals surface area contributed by atoms with Crippen LogP contribution in [0.5, 0.6) is 0 Å². The number of hydrogen-bond acceptors (Lipinski definition) is 4. The van der Waals surface area contributed by atoms with Gasteiger partial charge < -0.3 is 10.5 Å². The third-order valence-electron chi connectivity index (χ3n) is 2.76. The fourth-order valence-corrected chi connectivity index (χ4v) is 1.94. The third kappa shape index (κ3) is 2.45. The van der Waals surface area contributed by atoms with Gasteiger partial charge in [0, 0.05) is 12.6 Å². The molecule has 14 heavy (non-hydrogen) atoms. The Labute approximate surface area is 85.4 Å². The van der Waals surface area contributed by atoms with Crippen LogP contribution in [0.3, 0.4) is 0 Å². The number of likely N-dealkylation sites (tertiary alicyclic amines) is 1. The molecule has 82 valence electrons. The maximum Gasteiger partial charge on any atom is 0.323 e. The second kappa shape index (κ2) is 5.32. The van der Waals surface area contributed by atoms with Crippen LogP contribution in [0.15, 0.2) is 0 Å². The summed E-state index contributed by atoms with van der Waals surface area (Å²) >= 11 is 0. The highest BCUT2D eigenvalue weighted by Crippen LogP contribution is 2.20. The minimum atomic E-state index is -0.0923. The maximum absolute atomic E-state index is 11.6. The second-order valence-corrected chi connectivity index (χ2v) is 3.73. The highest BCUT2D eigenvalue weighted by molar-refractivity contribution is 5.76. The van der Waals surface area contributed by atoms with Gasteiger partial charge in [0.15, 0.2) is 0 Å². The number of rotatable bonds is 4. The molecule has 0 radical (unpaired) electrons. The number of nitrogens with zero attached hydrogens (tertiary/aromatic N) is 1. The molecule has 4 heteroatoms. The lowest BCUT2D eigenvalue weighted by Gasteiger charge is -2.28. The van der Waals surface area contributed by atoms with E-state index >= 15 is 0 Å². The van der Waals surface area contributed by atoms with Crippen molar-refractivity contribution in [1.82, 2.24) is 4.90 Å². The van der Waals surface area contributed by atoms with E-state index in [1.54, 1.807) is 0 Å². The molecule has 0 aliphatic carbocycles. The predicted octanol–water partition coefficient (Wildman–Crippen LogP) is 0.361. The van der Waals surface area contributed by atoms with Crippen LogP contribution in [0.4, 0.5) is 0 Å². The lowest BCUT2D eigenvalue weighted by atomic mass is 10.2. The van der Waals surface area contributed by atoms with Gasteiger partial charge in [-0.1, -0.05) is 0 Å². The zero-order chi connectivity index (χ0) is 10.6. The lowest BCUT2D eigenvalue weighted by molar-refractivity contribution is -0.149. The molecule has 1 fully saturated rings. The molecule has 1 aliphatic rings. The van der Waals surface area contributed by atoms with Gasteiger partial charge in [-0.15, -0.1) is 0 Å². The largest absolute Gasteiger partial charge is 0.465 e. The summed E-state index contributed by atoms with van der Waals surface area (Å²) in [4.78, 5) is 13.7. The van der Waals surface area contributed by atoms with Crippen LogP contribution in [0.1, 0.15) is 26.7 Å². The topological polar surface area (TPSA) is 55.6 Å². The summed E-state index contributed by atoms with van der Waals surface area (Å²) in [5.74, 6) is -0.0923. The quantitative estimate of drug-likeness (QED) is 0.666. The Hall–Kier alpha value is -0.610. The summed E-state index contributed by atoms with van der Waals surface area (Å²) in [6.07, 6.45) is 1.97. The van der Waals surface area contributed by atoms with Crippen LogP contribution in [0, 0.1) is 0 Å². The summed E-state index contributed by atoms with van der Waals surface area (Å²) in [5.41, 5.74) is 5.59. The first-order valence-electron chi connectivity index (χ1n) is 5.33. The molecule has 1 heterocycles. The lowest BCUT2D eigenvalue weighted by Crippen LogP contribution is -2.45. The molecule has 0 aromatic heterocycles. The van der Waals surface area contributed by atoms with Crippen LogP contribution in [0.25, 0.3) is 0 Å². The van der Waals surface area contributed by atoms with Crippen molar-refractivity contribution in [3.63, 3.8) is 0 Å². The Balaban J connectivity index is 2.54. The van der Waals surface area contributed by atoms with Gasteiger partial charge in [0.2, 0.25) is 0 Å². The minimum Gasteiger partial charge on any atom is -0.465 e. The van der Waals surface area contributed by atoms with E-state index in [9.17, 15) is 4.79 Å². The maximum atomic E-state index is 11.6. The van der Waals surface area contributed by atoms with Gasteiger partial charge in [0.25, 0.3) is 0 Å². The van der Waals surface area contributed by atoms with Crippen molar-refractivity contribution in [2.75, 3.05) is 19.7 Å². The standard InChI is InChI=1S/C10H20N2O2/c1-3-14-10(13)9-5-4-6-12(9)8(2)7-11/h8-9H,3-7,11H2,1-2H3. The summed E-state index contributed by atoms with van der Waals surface area (Å²) in [7, 11) is 0.